The highest BCUT2D eigenvalue weighted by Crippen LogP contribution is 2.25. The monoisotopic (exact) mass is 251 g/mol. The van der Waals surface area contributed by atoms with Crippen LogP contribution < -0.4 is 4.74 Å². The summed E-state index contributed by atoms with van der Waals surface area (Å²) in [5.74, 6) is -0.0485. The zero-order valence-corrected chi connectivity index (χ0v) is 10.0. The maximum Gasteiger partial charge on any atom is 0.367 e. The summed E-state index contributed by atoms with van der Waals surface area (Å²) in [6, 6.07) is 0. The van der Waals surface area contributed by atoms with Gasteiger partial charge in [0.05, 0.1) is 31.5 Å². The van der Waals surface area contributed by atoms with E-state index in [-0.39, 0.29) is 5.01 Å². The van der Waals surface area contributed by atoms with Gasteiger partial charge in [0.15, 0.2) is 0 Å². The molecule has 2 heterocycles. The van der Waals surface area contributed by atoms with Crippen LogP contribution in [0.2, 0.25) is 0 Å². The molecule has 0 bridgehead atoms. The Balaban J connectivity index is 2.33. The van der Waals surface area contributed by atoms with Crippen LogP contribution in [0.4, 0.5) is 0 Å². The van der Waals surface area contributed by atoms with E-state index in [1.807, 2.05) is 0 Å². The molecule has 0 spiro atoms. The summed E-state index contributed by atoms with van der Waals surface area (Å²) in [7, 11) is 2.83. The van der Waals surface area contributed by atoms with Crippen molar-refractivity contribution in [3.05, 3.63) is 23.6 Å². The highest BCUT2D eigenvalue weighted by molar-refractivity contribution is 7.16. The van der Waals surface area contributed by atoms with Gasteiger partial charge in [0.2, 0.25) is 10.9 Å². The first-order chi connectivity index (χ1) is 8.24. The van der Waals surface area contributed by atoms with Gasteiger partial charge in [-0.25, -0.2) is 14.8 Å². The Morgan fingerprint density at radius 2 is 2.12 bits per heavy atom. The molecule has 0 atom stereocenters. The van der Waals surface area contributed by atoms with Crippen LogP contribution in [0, 0.1) is 0 Å². The second kappa shape index (κ2) is 4.88. The van der Waals surface area contributed by atoms with Gasteiger partial charge in [-0.3, -0.25) is 4.98 Å². The maximum absolute atomic E-state index is 11.2. The van der Waals surface area contributed by atoms with Crippen molar-refractivity contribution in [1.29, 1.82) is 0 Å². The Kier molecular flexibility index (Phi) is 3.29. The van der Waals surface area contributed by atoms with Crippen LogP contribution in [0.3, 0.4) is 0 Å². The lowest BCUT2D eigenvalue weighted by Gasteiger charge is -1.99. The van der Waals surface area contributed by atoms with Crippen LogP contribution in [0.5, 0.6) is 5.88 Å². The van der Waals surface area contributed by atoms with Crippen LogP contribution in [0.25, 0.3) is 10.6 Å². The third kappa shape index (κ3) is 2.39. The summed E-state index contributed by atoms with van der Waals surface area (Å²) >= 11 is 1.19. The van der Waals surface area contributed by atoms with Gasteiger partial charge in [0.1, 0.15) is 5.69 Å². The van der Waals surface area contributed by atoms with Crippen molar-refractivity contribution in [2.24, 2.45) is 0 Å². The van der Waals surface area contributed by atoms with Crippen LogP contribution in [0.15, 0.2) is 18.6 Å². The number of nitrogens with zero attached hydrogens (tertiary/aromatic N) is 3. The Hall–Kier alpha value is -2.02. The van der Waals surface area contributed by atoms with Gasteiger partial charge < -0.3 is 9.47 Å². The molecule has 0 aliphatic carbocycles. The van der Waals surface area contributed by atoms with Gasteiger partial charge in [0.25, 0.3) is 0 Å². The number of esters is 1. The number of methoxy groups -OCH3 is 2. The second-order valence-corrected chi connectivity index (χ2v) is 4.00. The molecule has 0 aromatic carbocycles. The average Bonchev–Trinajstić information content (AvgIpc) is 2.87. The number of rotatable bonds is 3. The van der Waals surface area contributed by atoms with Crippen molar-refractivity contribution in [1.82, 2.24) is 15.0 Å². The summed E-state index contributed by atoms with van der Waals surface area (Å²) in [4.78, 5) is 24.1. The van der Waals surface area contributed by atoms with Gasteiger partial charge >= 0.3 is 5.97 Å². The molecule has 0 radical (unpaired) electrons. The minimum absolute atomic E-state index is 0.284. The molecule has 0 unspecified atom stereocenters. The third-order valence-corrected chi connectivity index (χ3v) is 2.94. The van der Waals surface area contributed by atoms with E-state index < -0.39 is 5.97 Å². The summed E-state index contributed by atoms with van der Waals surface area (Å²) in [6.07, 6.45) is 4.64. The quantitative estimate of drug-likeness (QED) is 0.767. The standard InChI is InChI=1S/C10H9N3O3S/c1-15-8-5-11-3-6(13-8)7-4-12-9(17-7)10(14)16-2/h3-5H,1-2H3. The van der Waals surface area contributed by atoms with E-state index in [1.165, 1.54) is 31.8 Å². The van der Waals surface area contributed by atoms with Crippen LogP contribution >= 0.6 is 11.3 Å². The molecule has 17 heavy (non-hydrogen) atoms. The smallest absolute Gasteiger partial charge is 0.367 e. The first kappa shape index (κ1) is 11.5. The summed E-state index contributed by atoms with van der Waals surface area (Å²) in [5, 5.41) is 0.284. The predicted octanol–water partition coefficient (Wildman–Crippen LogP) is 1.40. The molecular formula is C10H9N3O3S. The fourth-order valence-corrected chi connectivity index (χ4v) is 1.93. The molecule has 7 heteroatoms. The van der Waals surface area contributed by atoms with E-state index in [0.29, 0.717) is 11.6 Å². The van der Waals surface area contributed by atoms with Gasteiger partial charge in [-0.15, -0.1) is 11.3 Å². The molecule has 0 saturated heterocycles. The second-order valence-electron chi connectivity index (χ2n) is 2.97. The van der Waals surface area contributed by atoms with Crippen molar-refractivity contribution >= 4 is 17.3 Å². The molecule has 0 saturated carbocycles. The van der Waals surface area contributed by atoms with Crippen molar-refractivity contribution in [3.63, 3.8) is 0 Å². The summed E-state index contributed by atoms with van der Waals surface area (Å²) in [6.45, 7) is 0. The number of carbonyl (C=O) groups is 1. The topological polar surface area (TPSA) is 74.2 Å². The van der Waals surface area contributed by atoms with Gasteiger partial charge in [-0.05, 0) is 0 Å². The van der Waals surface area contributed by atoms with Crippen LogP contribution in [0.1, 0.15) is 9.80 Å². The van der Waals surface area contributed by atoms with Gasteiger partial charge in [-0.2, -0.15) is 0 Å². The zero-order chi connectivity index (χ0) is 12.3. The summed E-state index contributed by atoms with van der Waals surface area (Å²) in [5.41, 5.74) is 0.608. The fourth-order valence-electron chi connectivity index (χ4n) is 1.14. The Bertz CT molecular complexity index is 541. The highest BCUT2D eigenvalue weighted by atomic mass is 32.1. The largest absolute Gasteiger partial charge is 0.480 e. The van der Waals surface area contributed by atoms with Crippen molar-refractivity contribution in [2.45, 2.75) is 0 Å². The number of carbonyl (C=O) groups excluding carboxylic acids is 1. The first-order valence-corrected chi connectivity index (χ1v) is 5.47. The number of thiazole rings is 1. The Morgan fingerprint density at radius 3 is 2.82 bits per heavy atom. The van der Waals surface area contributed by atoms with Gasteiger partial charge in [0, 0.05) is 6.20 Å². The zero-order valence-electron chi connectivity index (χ0n) is 9.21. The Labute approximate surface area is 101 Å². The van der Waals surface area contributed by atoms with E-state index in [9.17, 15) is 4.79 Å². The molecule has 0 N–H and O–H groups in total. The molecule has 2 aromatic heterocycles. The molecular weight excluding hydrogens is 242 g/mol. The highest BCUT2D eigenvalue weighted by Gasteiger charge is 2.13. The molecule has 2 aromatic rings. The maximum atomic E-state index is 11.2. The third-order valence-electron chi connectivity index (χ3n) is 1.94. The van der Waals surface area contributed by atoms with E-state index in [1.54, 1.807) is 12.4 Å². The number of hydrogen-bond donors (Lipinski definition) is 0. The average molecular weight is 251 g/mol. The lowest BCUT2D eigenvalue weighted by molar-refractivity contribution is 0.0600. The van der Waals surface area contributed by atoms with E-state index in [0.717, 1.165) is 4.88 Å². The SMILES string of the molecule is COC(=O)c1ncc(-c2cncc(OC)n2)s1. The van der Waals surface area contributed by atoms with Crippen LogP contribution in [-0.2, 0) is 4.74 Å². The van der Waals surface area contributed by atoms with E-state index >= 15 is 0 Å². The lowest BCUT2D eigenvalue weighted by atomic mass is 10.4. The molecule has 2 rings (SSSR count). The lowest BCUT2D eigenvalue weighted by Crippen LogP contribution is -1.98. The molecule has 0 aliphatic rings. The van der Waals surface area contributed by atoms with Crippen molar-refractivity contribution < 1.29 is 14.3 Å². The molecule has 0 aliphatic heterocycles. The molecule has 0 fully saturated rings. The number of aromatic nitrogens is 3. The minimum atomic E-state index is -0.461. The van der Waals surface area contributed by atoms with E-state index in [4.69, 9.17) is 4.74 Å². The normalized spacial score (nSPS) is 10.0. The van der Waals surface area contributed by atoms with Crippen LogP contribution in [-0.4, -0.2) is 35.1 Å². The molecule has 88 valence electrons. The first-order valence-electron chi connectivity index (χ1n) is 4.65. The van der Waals surface area contributed by atoms with Crippen molar-refractivity contribution in [3.8, 4) is 16.5 Å². The number of ether oxygens (including phenoxy) is 2. The van der Waals surface area contributed by atoms with Crippen molar-refractivity contribution in [2.75, 3.05) is 14.2 Å². The van der Waals surface area contributed by atoms with E-state index in [2.05, 4.69) is 19.7 Å². The molecule has 6 nitrogen and oxygen atoms in total. The minimum Gasteiger partial charge on any atom is -0.480 e. The number of hydrogen-bond acceptors (Lipinski definition) is 7. The Morgan fingerprint density at radius 1 is 1.29 bits per heavy atom. The molecule has 0 amide bonds. The van der Waals surface area contributed by atoms with Gasteiger partial charge in [-0.1, -0.05) is 0 Å². The summed E-state index contributed by atoms with van der Waals surface area (Å²) < 4.78 is 9.55. The fraction of sp³-hybridized carbons (Fsp3) is 0.200. The predicted molar refractivity (Wildman–Crippen MR) is 61.0 cm³/mol.